The van der Waals surface area contributed by atoms with Gasteiger partial charge >= 0.3 is 0 Å². The lowest BCUT2D eigenvalue weighted by molar-refractivity contribution is 1.05. The Bertz CT molecular complexity index is 1130. The number of benzene rings is 3. The normalized spacial score (nSPS) is 11.0. The predicted octanol–water partition coefficient (Wildman–Crippen LogP) is 5.81. The molecular formula is C22H17ClN4S. The number of aromatic amines is 1. The predicted molar refractivity (Wildman–Crippen MR) is 122 cm³/mol. The van der Waals surface area contributed by atoms with Crippen LogP contribution in [0.4, 0.5) is 5.69 Å². The molecule has 1 heterocycles. The second kappa shape index (κ2) is 8.25. The molecule has 0 aliphatic heterocycles. The zero-order valence-corrected chi connectivity index (χ0v) is 16.4. The fraction of sp³-hybridized carbons (Fsp3) is 0. The van der Waals surface area contributed by atoms with Crippen LogP contribution in [-0.2, 0) is 0 Å². The van der Waals surface area contributed by atoms with Crippen molar-refractivity contribution in [2.75, 3.05) is 5.32 Å². The largest absolute Gasteiger partial charge is 0.354 e. The van der Waals surface area contributed by atoms with Crippen LogP contribution in [0, 0.1) is 0 Å². The molecule has 1 aromatic heterocycles. The molecule has 138 valence electrons. The van der Waals surface area contributed by atoms with Crippen LogP contribution >= 0.6 is 23.8 Å². The molecule has 0 fully saturated rings. The number of fused-ring (bicyclic) bond motifs is 1. The molecule has 0 saturated carbocycles. The first kappa shape index (κ1) is 18.2. The molecule has 0 aliphatic carbocycles. The van der Waals surface area contributed by atoms with Crippen LogP contribution in [0.3, 0.4) is 0 Å². The van der Waals surface area contributed by atoms with Gasteiger partial charge in [-0.05, 0) is 48.1 Å². The molecule has 0 unspecified atom stereocenters. The van der Waals surface area contributed by atoms with Crippen molar-refractivity contribution in [2.24, 2.45) is 5.10 Å². The summed E-state index contributed by atoms with van der Waals surface area (Å²) in [5.74, 6) is 0. The topological polar surface area (TPSA) is 52.2 Å². The van der Waals surface area contributed by atoms with E-state index >= 15 is 0 Å². The molecule has 0 atom stereocenters. The molecule has 0 radical (unpaired) electrons. The van der Waals surface area contributed by atoms with E-state index in [1.54, 1.807) is 6.21 Å². The van der Waals surface area contributed by atoms with E-state index in [9.17, 15) is 0 Å². The van der Waals surface area contributed by atoms with Crippen molar-refractivity contribution in [3.63, 3.8) is 0 Å². The second-order valence-electron chi connectivity index (χ2n) is 6.16. The summed E-state index contributed by atoms with van der Waals surface area (Å²) in [6, 6.07) is 25.6. The first-order valence-electron chi connectivity index (χ1n) is 8.72. The number of H-pyrrole nitrogens is 1. The highest BCUT2D eigenvalue weighted by molar-refractivity contribution is 7.80. The van der Waals surface area contributed by atoms with E-state index in [0.717, 1.165) is 33.4 Å². The lowest BCUT2D eigenvalue weighted by Crippen LogP contribution is -2.23. The van der Waals surface area contributed by atoms with Gasteiger partial charge in [0.05, 0.1) is 11.9 Å². The average molecular weight is 405 g/mol. The summed E-state index contributed by atoms with van der Waals surface area (Å²) in [7, 11) is 0. The summed E-state index contributed by atoms with van der Waals surface area (Å²) in [6.45, 7) is 0. The van der Waals surface area contributed by atoms with Crippen LogP contribution < -0.4 is 10.7 Å². The van der Waals surface area contributed by atoms with Gasteiger partial charge in [-0.25, -0.2) is 0 Å². The van der Waals surface area contributed by atoms with Crippen molar-refractivity contribution in [1.29, 1.82) is 0 Å². The minimum absolute atomic E-state index is 0.426. The van der Waals surface area contributed by atoms with Gasteiger partial charge in [-0.2, -0.15) is 5.10 Å². The molecule has 3 aromatic carbocycles. The maximum atomic E-state index is 6.03. The van der Waals surface area contributed by atoms with E-state index < -0.39 is 0 Å². The first-order valence-corrected chi connectivity index (χ1v) is 9.51. The number of hydrogen-bond acceptors (Lipinski definition) is 2. The third kappa shape index (κ3) is 4.06. The quantitative estimate of drug-likeness (QED) is 0.228. The van der Waals surface area contributed by atoms with Crippen LogP contribution in [0.2, 0.25) is 5.02 Å². The molecule has 0 bridgehead atoms. The van der Waals surface area contributed by atoms with Crippen molar-refractivity contribution in [1.82, 2.24) is 10.4 Å². The number of hydrogen-bond donors (Lipinski definition) is 3. The lowest BCUT2D eigenvalue weighted by Gasteiger charge is -2.06. The number of thiocarbonyl (C=S) groups is 1. The van der Waals surface area contributed by atoms with E-state index in [-0.39, 0.29) is 0 Å². The van der Waals surface area contributed by atoms with E-state index in [0.29, 0.717) is 10.1 Å². The molecule has 3 N–H and O–H groups in total. The van der Waals surface area contributed by atoms with Gasteiger partial charge in [-0.3, -0.25) is 5.43 Å². The average Bonchev–Trinajstić information content (AvgIpc) is 3.08. The fourth-order valence-electron chi connectivity index (χ4n) is 2.98. The smallest absolute Gasteiger partial charge is 0.191 e. The molecule has 6 heteroatoms. The number of hydrazone groups is 1. The first-order chi connectivity index (χ1) is 13.7. The molecule has 0 spiro atoms. The number of nitrogens with zero attached hydrogens (tertiary/aromatic N) is 1. The molecule has 0 saturated heterocycles. The van der Waals surface area contributed by atoms with Gasteiger partial charge in [0.1, 0.15) is 0 Å². The van der Waals surface area contributed by atoms with Crippen LogP contribution in [-0.4, -0.2) is 16.3 Å². The fourth-order valence-corrected chi connectivity index (χ4v) is 3.27. The Morgan fingerprint density at radius 3 is 2.43 bits per heavy atom. The number of para-hydroxylation sites is 2. The van der Waals surface area contributed by atoms with Crippen LogP contribution in [0.1, 0.15) is 5.56 Å². The highest BCUT2D eigenvalue weighted by Crippen LogP contribution is 2.29. The number of rotatable bonds is 4. The minimum Gasteiger partial charge on any atom is -0.354 e. The summed E-state index contributed by atoms with van der Waals surface area (Å²) in [5.41, 5.74) is 7.81. The van der Waals surface area contributed by atoms with E-state index in [1.165, 1.54) is 0 Å². The summed E-state index contributed by atoms with van der Waals surface area (Å²) < 4.78 is 0. The van der Waals surface area contributed by atoms with Gasteiger partial charge in [-0.15, -0.1) is 0 Å². The second-order valence-corrected chi connectivity index (χ2v) is 7.00. The van der Waals surface area contributed by atoms with Crippen LogP contribution in [0.15, 0.2) is 84.0 Å². The SMILES string of the molecule is S=C(N/N=C\c1c(-c2ccc(Cl)cc2)[nH]c2ccccc12)Nc1ccccc1. The van der Waals surface area contributed by atoms with Crippen LogP contribution in [0.5, 0.6) is 0 Å². The van der Waals surface area contributed by atoms with E-state index in [4.69, 9.17) is 23.8 Å². The maximum absolute atomic E-state index is 6.03. The molecule has 0 aliphatic rings. The van der Waals surface area contributed by atoms with Gasteiger partial charge in [-0.1, -0.05) is 60.1 Å². The molecule has 28 heavy (non-hydrogen) atoms. The van der Waals surface area contributed by atoms with Crippen molar-refractivity contribution >= 4 is 51.7 Å². The van der Waals surface area contributed by atoms with E-state index in [1.807, 2.05) is 72.8 Å². The molecule has 4 rings (SSSR count). The summed E-state index contributed by atoms with van der Waals surface area (Å²) in [4.78, 5) is 3.47. The molecular weight excluding hydrogens is 388 g/mol. The Hall–Kier alpha value is -3.15. The summed E-state index contributed by atoms with van der Waals surface area (Å²) >= 11 is 11.3. The van der Waals surface area contributed by atoms with Crippen molar-refractivity contribution < 1.29 is 0 Å². The third-order valence-corrected chi connectivity index (χ3v) is 4.72. The highest BCUT2D eigenvalue weighted by Gasteiger charge is 2.11. The van der Waals surface area contributed by atoms with Gasteiger partial charge < -0.3 is 10.3 Å². The van der Waals surface area contributed by atoms with E-state index in [2.05, 4.69) is 26.9 Å². The Labute approximate surface area is 173 Å². The number of halogens is 1. The molecule has 0 amide bonds. The Morgan fingerprint density at radius 1 is 0.929 bits per heavy atom. The molecule has 4 nitrogen and oxygen atoms in total. The number of aromatic nitrogens is 1. The van der Waals surface area contributed by atoms with Crippen molar-refractivity contribution in [3.05, 3.63) is 89.4 Å². The Balaban J connectivity index is 1.60. The van der Waals surface area contributed by atoms with Gasteiger partial charge in [0.25, 0.3) is 0 Å². The number of anilines is 1. The summed E-state index contributed by atoms with van der Waals surface area (Å²) in [5, 5.41) is 9.65. The Morgan fingerprint density at radius 2 is 1.64 bits per heavy atom. The van der Waals surface area contributed by atoms with Crippen LogP contribution in [0.25, 0.3) is 22.2 Å². The third-order valence-electron chi connectivity index (χ3n) is 4.27. The number of nitrogens with one attached hydrogen (secondary N) is 3. The van der Waals surface area contributed by atoms with Gasteiger partial charge in [0, 0.05) is 27.2 Å². The van der Waals surface area contributed by atoms with Crippen molar-refractivity contribution in [2.45, 2.75) is 0 Å². The lowest BCUT2D eigenvalue weighted by atomic mass is 10.1. The maximum Gasteiger partial charge on any atom is 0.191 e. The van der Waals surface area contributed by atoms with Crippen molar-refractivity contribution in [3.8, 4) is 11.3 Å². The van der Waals surface area contributed by atoms with Gasteiger partial charge in [0.2, 0.25) is 0 Å². The standard InChI is InChI=1S/C22H17ClN4S/c23-16-12-10-15(11-13-16)21-19(18-8-4-5-9-20(18)26-21)14-24-27-22(28)25-17-6-2-1-3-7-17/h1-14,26H,(H2,25,27,28)/b24-14-. The minimum atomic E-state index is 0.426. The highest BCUT2D eigenvalue weighted by atomic mass is 35.5. The van der Waals surface area contributed by atoms with Gasteiger partial charge in [0.15, 0.2) is 5.11 Å². The zero-order valence-electron chi connectivity index (χ0n) is 14.8. The summed E-state index contributed by atoms with van der Waals surface area (Å²) in [6.07, 6.45) is 1.78. The monoisotopic (exact) mass is 404 g/mol. The molecule has 4 aromatic rings. The Kier molecular flexibility index (Phi) is 5.37. The zero-order chi connectivity index (χ0) is 19.3.